The minimum absolute atomic E-state index is 0.159. The van der Waals surface area contributed by atoms with Gasteiger partial charge in [-0.25, -0.2) is 0 Å². The molecule has 6 nitrogen and oxygen atoms in total. The van der Waals surface area contributed by atoms with Crippen LogP contribution in [0.25, 0.3) is 22.2 Å². The van der Waals surface area contributed by atoms with Crippen LogP contribution in [0, 0.1) is 0 Å². The van der Waals surface area contributed by atoms with E-state index in [-0.39, 0.29) is 6.01 Å². The van der Waals surface area contributed by atoms with Crippen molar-refractivity contribution in [2.75, 3.05) is 11.1 Å². The van der Waals surface area contributed by atoms with Gasteiger partial charge < -0.3 is 20.6 Å². The van der Waals surface area contributed by atoms with E-state index >= 15 is 0 Å². The molecule has 0 radical (unpaired) electrons. The molecule has 2 aromatic carbocycles. The second kappa shape index (κ2) is 4.32. The van der Waals surface area contributed by atoms with E-state index in [9.17, 15) is 5.11 Å². The van der Waals surface area contributed by atoms with Gasteiger partial charge in [0.1, 0.15) is 5.52 Å². The lowest BCUT2D eigenvalue weighted by Crippen LogP contribution is -2.22. The van der Waals surface area contributed by atoms with Crippen molar-refractivity contribution < 1.29 is 9.52 Å². The van der Waals surface area contributed by atoms with E-state index in [4.69, 9.17) is 10.2 Å². The molecule has 0 saturated carbocycles. The number of rotatable bonds is 1. The molecule has 6 heteroatoms. The summed E-state index contributed by atoms with van der Waals surface area (Å²) in [4.78, 5) is 8.31. The predicted molar refractivity (Wildman–Crippen MR) is 81.6 cm³/mol. The second-order valence-electron chi connectivity index (χ2n) is 4.83. The van der Waals surface area contributed by atoms with Crippen molar-refractivity contribution in [2.45, 2.75) is 6.23 Å². The number of oxazole rings is 1. The highest BCUT2D eigenvalue weighted by molar-refractivity contribution is 5.87. The highest BCUT2D eigenvalue weighted by Crippen LogP contribution is 2.33. The van der Waals surface area contributed by atoms with Gasteiger partial charge in [0.25, 0.3) is 6.01 Å². The first kappa shape index (κ1) is 11.9. The fourth-order valence-electron chi connectivity index (χ4n) is 2.42. The SMILES string of the molecule is Nc1nc2cc(-c3ccc4c(c3)NC(O)C=N4)ccc2o1. The molecule has 1 aliphatic rings. The number of fused-ring (bicyclic) bond motifs is 2. The Morgan fingerprint density at radius 1 is 1.14 bits per heavy atom. The molecule has 1 unspecified atom stereocenters. The Kier molecular flexibility index (Phi) is 2.45. The minimum atomic E-state index is -0.759. The zero-order valence-corrected chi connectivity index (χ0v) is 10.9. The Morgan fingerprint density at radius 2 is 1.95 bits per heavy atom. The van der Waals surface area contributed by atoms with E-state index in [0.717, 1.165) is 22.5 Å². The molecule has 0 saturated heterocycles. The molecule has 0 aliphatic carbocycles. The van der Waals surface area contributed by atoms with Crippen molar-refractivity contribution in [3.8, 4) is 11.1 Å². The molecule has 1 aliphatic heterocycles. The molecule has 2 heterocycles. The maximum absolute atomic E-state index is 9.56. The van der Waals surface area contributed by atoms with E-state index in [0.29, 0.717) is 11.1 Å². The number of aliphatic hydroxyl groups is 1. The van der Waals surface area contributed by atoms with Crippen LogP contribution in [-0.4, -0.2) is 22.5 Å². The summed E-state index contributed by atoms with van der Waals surface area (Å²) in [5.41, 5.74) is 10.5. The number of hydrogen-bond donors (Lipinski definition) is 3. The number of benzene rings is 2. The first-order valence-electron chi connectivity index (χ1n) is 6.48. The van der Waals surface area contributed by atoms with Gasteiger partial charge in [-0.2, -0.15) is 4.98 Å². The first-order chi connectivity index (χ1) is 10.2. The van der Waals surface area contributed by atoms with Crippen molar-refractivity contribution in [2.24, 2.45) is 4.99 Å². The lowest BCUT2D eigenvalue weighted by atomic mass is 10.0. The van der Waals surface area contributed by atoms with Gasteiger partial charge in [0.2, 0.25) is 0 Å². The number of nitrogen functional groups attached to an aromatic ring is 1. The molecule has 4 N–H and O–H groups in total. The number of aromatic nitrogens is 1. The van der Waals surface area contributed by atoms with E-state index < -0.39 is 6.23 Å². The molecular weight excluding hydrogens is 268 g/mol. The molecule has 4 rings (SSSR count). The molecule has 0 amide bonds. The molecule has 104 valence electrons. The zero-order chi connectivity index (χ0) is 14.4. The molecule has 0 bridgehead atoms. The van der Waals surface area contributed by atoms with Crippen LogP contribution in [0.15, 0.2) is 45.8 Å². The van der Waals surface area contributed by atoms with Crippen LogP contribution in [0.2, 0.25) is 0 Å². The van der Waals surface area contributed by atoms with E-state index in [1.165, 1.54) is 6.21 Å². The Bertz CT molecular complexity index is 869. The van der Waals surface area contributed by atoms with Gasteiger partial charge in [-0.1, -0.05) is 12.1 Å². The van der Waals surface area contributed by atoms with Crippen molar-refractivity contribution in [1.82, 2.24) is 4.98 Å². The average molecular weight is 280 g/mol. The summed E-state index contributed by atoms with van der Waals surface area (Å²) in [7, 11) is 0. The summed E-state index contributed by atoms with van der Waals surface area (Å²) in [5.74, 6) is 0. The predicted octanol–water partition coefficient (Wildman–Crippen LogP) is 2.52. The highest BCUT2D eigenvalue weighted by Gasteiger charge is 2.12. The van der Waals surface area contributed by atoms with Crippen LogP contribution in [0.3, 0.4) is 0 Å². The fraction of sp³-hybridized carbons (Fsp3) is 0.0667. The van der Waals surface area contributed by atoms with Crippen molar-refractivity contribution in [3.05, 3.63) is 36.4 Å². The number of nitrogens with one attached hydrogen (secondary N) is 1. The third-order valence-electron chi connectivity index (χ3n) is 3.39. The number of nitrogens with two attached hydrogens (primary N) is 1. The normalized spacial score (nSPS) is 16.7. The minimum Gasteiger partial charge on any atom is -0.424 e. The highest BCUT2D eigenvalue weighted by atomic mass is 16.4. The van der Waals surface area contributed by atoms with Crippen molar-refractivity contribution in [1.29, 1.82) is 0 Å². The number of hydrogen-bond acceptors (Lipinski definition) is 6. The van der Waals surface area contributed by atoms with Gasteiger partial charge in [-0.05, 0) is 35.4 Å². The van der Waals surface area contributed by atoms with Gasteiger partial charge in [0.05, 0.1) is 17.6 Å². The first-order valence-corrected chi connectivity index (χ1v) is 6.48. The van der Waals surface area contributed by atoms with Gasteiger partial charge in [0.15, 0.2) is 11.8 Å². The van der Waals surface area contributed by atoms with E-state index in [1.807, 2.05) is 36.4 Å². The quantitative estimate of drug-likeness (QED) is 0.636. The molecule has 0 spiro atoms. The molecule has 1 aromatic heterocycles. The number of anilines is 2. The summed E-state index contributed by atoms with van der Waals surface area (Å²) >= 11 is 0. The number of aliphatic imine (C=N–C) groups is 1. The smallest absolute Gasteiger partial charge is 0.292 e. The van der Waals surface area contributed by atoms with Crippen LogP contribution in [0.5, 0.6) is 0 Å². The molecule has 0 fully saturated rings. The molecule has 21 heavy (non-hydrogen) atoms. The zero-order valence-electron chi connectivity index (χ0n) is 10.9. The van der Waals surface area contributed by atoms with Gasteiger partial charge >= 0.3 is 0 Å². The Balaban J connectivity index is 1.81. The molecule has 3 aromatic rings. The van der Waals surface area contributed by atoms with Crippen LogP contribution in [0.4, 0.5) is 17.4 Å². The average Bonchev–Trinajstić information content (AvgIpc) is 2.85. The van der Waals surface area contributed by atoms with Crippen LogP contribution in [-0.2, 0) is 0 Å². The Labute approximate surface area is 119 Å². The maximum atomic E-state index is 9.56. The van der Waals surface area contributed by atoms with Crippen molar-refractivity contribution in [3.63, 3.8) is 0 Å². The van der Waals surface area contributed by atoms with E-state index in [1.54, 1.807) is 0 Å². The number of nitrogens with zero attached hydrogens (tertiary/aromatic N) is 2. The summed E-state index contributed by atoms with van der Waals surface area (Å²) in [5, 5.41) is 12.5. The van der Waals surface area contributed by atoms with Gasteiger partial charge in [0, 0.05) is 0 Å². The van der Waals surface area contributed by atoms with Gasteiger partial charge in [-0.15, -0.1) is 0 Å². The molecular formula is C15H12N4O2. The number of aliphatic hydroxyl groups excluding tert-OH is 1. The standard InChI is InChI=1S/C15H12N4O2/c16-15-19-12-6-9(2-4-13(12)21-15)8-1-3-10-11(5-8)18-14(20)7-17-10/h1-7,14,18,20H,(H2,16,19). The Morgan fingerprint density at radius 3 is 2.86 bits per heavy atom. The summed E-state index contributed by atoms with van der Waals surface area (Å²) in [6.07, 6.45) is 0.706. The summed E-state index contributed by atoms with van der Waals surface area (Å²) < 4.78 is 5.27. The monoisotopic (exact) mass is 280 g/mol. The van der Waals surface area contributed by atoms with Crippen molar-refractivity contribution >= 4 is 34.7 Å². The van der Waals surface area contributed by atoms with Crippen LogP contribution < -0.4 is 11.1 Å². The lowest BCUT2D eigenvalue weighted by Gasteiger charge is -2.17. The summed E-state index contributed by atoms with van der Waals surface area (Å²) in [6, 6.07) is 11.7. The molecule has 1 atom stereocenters. The van der Waals surface area contributed by atoms with Gasteiger partial charge in [-0.3, -0.25) is 4.99 Å². The third kappa shape index (κ3) is 2.02. The lowest BCUT2D eigenvalue weighted by molar-refractivity contribution is 0.274. The van der Waals surface area contributed by atoms with Crippen LogP contribution >= 0.6 is 0 Å². The second-order valence-corrected chi connectivity index (χ2v) is 4.83. The topological polar surface area (TPSA) is 96.7 Å². The third-order valence-corrected chi connectivity index (χ3v) is 3.39. The fourth-order valence-corrected chi connectivity index (χ4v) is 2.42. The Hall–Kier alpha value is -2.86. The maximum Gasteiger partial charge on any atom is 0.292 e. The summed E-state index contributed by atoms with van der Waals surface area (Å²) in [6.45, 7) is 0. The van der Waals surface area contributed by atoms with Crippen LogP contribution in [0.1, 0.15) is 0 Å². The largest absolute Gasteiger partial charge is 0.424 e. The van der Waals surface area contributed by atoms with E-state index in [2.05, 4.69) is 15.3 Å².